The van der Waals surface area contributed by atoms with Crippen molar-refractivity contribution in [3.63, 3.8) is 0 Å². The molecule has 0 saturated carbocycles. The maximum Gasteiger partial charge on any atom is 0.354 e. The summed E-state index contributed by atoms with van der Waals surface area (Å²) in [6, 6.07) is 3.80. The van der Waals surface area contributed by atoms with E-state index in [0.717, 1.165) is 13.0 Å². The summed E-state index contributed by atoms with van der Waals surface area (Å²) in [6.45, 7) is 4.72. The normalized spacial score (nSPS) is 17.9. The predicted molar refractivity (Wildman–Crippen MR) is 77.5 cm³/mol. The fraction of sp³-hybridized carbons (Fsp3) is 0.357. The van der Waals surface area contributed by atoms with E-state index in [0.29, 0.717) is 11.6 Å². The van der Waals surface area contributed by atoms with Crippen molar-refractivity contribution in [3.05, 3.63) is 39.3 Å². The van der Waals surface area contributed by atoms with E-state index in [1.54, 1.807) is 18.3 Å². The molecule has 3 rings (SSSR count). The van der Waals surface area contributed by atoms with Gasteiger partial charge in [-0.2, -0.15) is 0 Å². The first-order chi connectivity index (χ1) is 9.56. The number of aromatic nitrogens is 2. The Balaban J connectivity index is 2.00. The molecule has 1 aliphatic heterocycles. The molecule has 5 nitrogen and oxygen atoms in total. The predicted octanol–water partition coefficient (Wildman–Crippen LogP) is 2.67. The molecule has 0 amide bonds. The molecule has 104 valence electrons. The average molecular weight is 289 g/mol. The number of hydrogen-bond acceptors (Lipinski definition) is 5. The number of rotatable bonds is 2. The lowest BCUT2D eigenvalue weighted by atomic mass is 10.0. The molecule has 2 aromatic rings. The summed E-state index contributed by atoms with van der Waals surface area (Å²) in [6.07, 6.45) is 0.955. The van der Waals surface area contributed by atoms with Crippen LogP contribution in [0.1, 0.15) is 39.6 Å². The largest absolute Gasteiger partial charge is 0.477 e. The molecule has 0 bridgehead atoms. The average Bonchev–Trinajstić information content (AvgIpc) is 2.87. The van der Waals surface area contributed by atoms with Gasteiger partial charge in [0.25, 0.3) is 0 Å². The number of carbonyl (C=O) groups is 1. The molecule has 0 saturated heterocycles. The van der Waals surface area contributed by atoms with Crippen LogP contribution in [0.15, 0.2) is 17.5 Å². The van der Waals surface area contributed by atoms with Crippen molar-refractivity contribution in [1.29, 1.82) is 0 Å². The van der Waals surface area contributed by atoms with Crippen LogP contribution in [0.5, 0.6) is 0 Å². The van der Waals surface area contributed by atoms with Crippen molar-refractivity contribution in [2.45, 2.75) is 26.3 Å². The van der Waals surface area contributed by atoms with Crippen molar-refractivity contribution in [3.8, 4) is 0 Å². The van der Waals surface area contributed by atoms with E-state index < -0.39 is 5.97 Å². The number of thiophene rings is 1. The smallest absolute Gasteiger partial charge is 0.354 e. The van der Waals surface area contributed by atoms with Gasteiger partial charge in [-0.05, 0) is 43.3 Å². The van der Waals surface area contributed by atoms with Gasteiger partial charge in [0.05, 0.1) is 6.04 Å². The molecule has 20 heavy (non-hydrogen) atoms. The third kappa shape index (κ3) is 2.16. The Morgan fingerprint density at radius 1 is 1.50 bits per heavy atom. The Morgan fingerprint density at radius 3 is 3.05 bits per heavy atom. The van der Waals surface area contributed by atoms with Crippen LogP contribution in [0.4, 0.5) is 5.95 Å². The summed E-state index contributed by atoms with van der Waals surface area (Å²) < 4.78 is 0. The number of anilines is 1. The Bertz CT molecular complexity index is 668. The first-order valence-electron chi connectivity index (χ1n) is 6.48. The number of carboxylic acids is 1. The molecule has 0 spiro atoms. The minimum absolute atomic E-state index is 0.0517. The van der Waals surface area contributed by atoms with Crippen LogP contribution in [0.3, 0.4) is 0 Å². The van der Waals surface area contributed by atoms with Gasteiger partial charge in [0.2, 0.25) is 5.95 Å². The van der Waals surface area contributed by atoms with Gasteiger partial charge in [-0.15, -0.1) is 11.3 Å². The fourth-order valence-corrected chi connectivity index (χ4v) is 3.54. The summed E-state index contributed by atoms with van der Waals surface area (Å²) in [4.78, 5) is 23.2. The molecule has 1 unspecified atom stereocenters. The summed E-state index contributed by atoms with van der Waals surface area (Å²) in [7, 11) is 0. The number of fused-ring (bicyclic) bond motifs is 1. The van der Waals surface area contributed by atoms with Crippen LogP contribution >= 0.6 is 11.3 Å². The Labute approximate surface area is 120 Å². The topological polar surface area (TPSA) is 66.3 Å². The Kier molecular flexibility index (Phi) is 3.17. The van der Waals surface area contributed by atoms with Crippen molar-refractivity contribution < 1.29 is 9.90 Å². The van der Waals surface area contributed by atoms with Crippen LogP contribution in [0.25, 0.3) is 0 Å². The third-order valence-corrected chi connectivity index (χ3v) is 4.59. The first kappa shape index (κ1) is 13.1. The van der Waals surface area contributed by atoms with E-state index in [1.165, 1.54) is 16.5 Å². The van der Waals surface area contributed by atoms with E-state index in [1.807, 2.05) is 0 Å². The summed E-state index contributed by atoms with van der Waals surface area (Å²) in [5.74, 6) is -0.510. The molecular weight excluding hydrogens is 274 g/mol. The van der Waals surface area contributed by atoms with Gasteiger partial charge in [0.1, 0.15) is 0 Å². The van der Waals surface area contributed by atoms with E-state index in [4.69, 9.17) is 5.11 Å². The Morgan fingerprint density at radius 2 is 2.30 bits per heavy atom. The molecule has 0 fully saturated rings. The summed E-state index contributed by atoms with van der Waals surface area (Å²) >= 11 is 1.78. The second-order valence-corrected chi connectivity index (χ2v) is 5.92. The number of carboxylic acid groups (broad SMARTS) is 1. The molecule has 1 aliphatic rings. The van der Waals surface area contributed by atoms with Crippen molar-refractivity contribution in [2.24, 2.45) is 0 Å². The monoisotopic (exact) mass is 289 g/mol. The van der Waals surface area contributed by atoms with Crippen LogP contribution in [-0.2, 0) is 6.42 Å². The van der Waals surface area contributed by atoms with Gasteiger partial charge in [0, 0.05) is 17.1 Å². The van der Waals surface area contributed by atoms with Gasteiger partial charge in [-0.1, -0.05) is 0 Å². The third-order valence-electron chi connectivity index (χ3n) is 3.60. The molecule has 0 aromatic carbocycles. The highest BCUT2D eigenvalue weighted by molar-refractivity contribution is 7.10. The van der Waals surface area contributed by atoms with E-state index in [2.05, 4.69) is 33.2 Å². The standard InChI is InChI=1S/C14H15N3O2S/c1-8-7-11(13(18)19)16-14(15-8)17-5-3-12-10(9(17)2)4-6-20-12/h4,6-7,9H,3,5H2,1-2H3,(H,18,19). The Hall–Kier alpha value is -1.95. The highest BCUT2D eigenvalue weighted by Crippen LogP contribution is 2.34. The van der Waals surface area contributed by atoms with Gasteiger partial charge in [-0.25, -0.2) is 14.8 Å². The maximum atomic E-state index is 11.1. The van der Waals surface area contributed by atoms with Crippen LogP contribution in [0, 0.1) is 6.92 Å². The van der Waals surface area contributed by atoms with E-state index in [9.17, 15) is 4.79 Å². The second-order valence-electron chi connectivity index (χ2n) is 4.92. The number of aryl methyl sites for hydroxylation is 1. The van der Waals surface area contributed by atoms with Crippen LogP contribution in [-0.4, -0.2) is 27.6 Å². The molecule has 1 atom stereocenters. The second kappa shape index (κ2) is 4.86. The number of aromatic carboxylic acids is 1. The quantitative estimate of drug-likeness (QED) is 0.920. The zero-order valence-electron chi connectivity index (χ0n) is 11.3. The van der Waals surface area contributed by atoms with Crippen LogP contribution in [0.2, 0.25) is 0 Å². The molecule has 0 aliphatic carbocycles. The minimum Gasteiger partial charge on any atom is -0.477 e. The maximum absolute atomic E-state index is 11.1. The molecule has 3 heterocycles. The summed E-state index contributed by atoms with van der Waals surface area (Å²) in [5.41, 5.74) is 2.02. The van der Waals surface area contributed by atoms with Gasteiger partial charge in [0.15, 0.2) is 5.69 Å². The SMILES string of the molecule is Cc1cc(C(=O)O)nc(N2CCc3sccc3C2C)n1. The molecule has 1 N–H and O–H groups in total. The minimum atomic E-state index is -1.02. The van der Waals surface area contributed by atoms with Gasteiger partial charge < -0.3 is 10.0 Å². The zero-order valence-corrected chi connectivity index (χ0v) is 12.1. The molecular formula is C14H15N3O2S. The molecule has 2 aromatic heterocycles. The van der Waals surface area contributed by atoms with E-state index >= 15 is 0 Å². The van der Waals surface area contributed by atoms with Crippen molar-refractivity contribution in [2.75, 3.05) is 11.4 Å². The number of nitrogens with zero attached hydrogens (tertiary/aromatic N) is 3. The van der Waals surface area contributed by atoms with Gasteiger partial charge in [-0.3, -0.25) is 0 Å². The van der Waals surface area contributed by atoms with Crippen LogP contribution < -0.4 is 4.90 Å². The highest BCUT2D eigenvalue weighted by atomic mass is 32.1. The lowest BCUT2D eigenvalue weighted by Crippen LogP contribution is -2.34. The lowest BCUT2D eigenvalue weighted by Gasteiger charge is -2.33. The molecule has 6 heteroatoms. The first-order valence-corrected chi connectivity index (χ1v) is 7.36. The summed E-state index contributed by atoms with van der Waals surface area (Å²) in [5, 5.41) is 11.2. The zero-order chi connectivity index (χ0) is 14.3. The fourth-order valence-electron chi connectivity index (χ4n) is 2.57. The van der Waals surface area contributed by atoms with Gasteiger partial charge >= 0.3 is 5.97 Å². The molecule has 0 radical (unpaired) electrons. The number of hydrogen-bond donors (Lipinski definition) is 1. The van der Waals surface area contributed by atoms with E-state index in [-0.39, 0.29) is 11.7 Å². The van der Waals surface area contributed by atoms with Crippen molar-refractivity contribution in [1.82, 2.24) is 9.97 Å². The highest BCUT2D eigenvalue weighted by Gasteiger charge is 2.27. The lowest BCUT2D eigenvalue weighted by molar-refractivity contribution is 0.0690. The van der Waals surface area contributed by atoms with Crippen molar-refractivity contribution >= 4 is 23.3 Å².